The fourth-order valence-corrected chi connectivity index (χ4v) is 4.72. The normalized spacial score (nSPS) is 17.3. The van der Waals surface area contributed by atoms with Gasteiger partial charge in [0.15, 0.2) is 5.75 Å². The summed E-state index contributed by atoms with van der Waals surface area (Å²) in [7, 11) is 1.48. The number of carbonyl (C=O) groups is 1. The van der Waals surface area contributed by atoms with Crippen LogP contribution in [-0.4, -0.2) is 54.3 Å². The first-order chi connectivity index (χ1) is 18.8. The third-order valence-corrected chi connectivity index (χ3v) is 6.81. The molecular formula is C28H23F6N3O3. The Labute approximate surface area is 225 Å². The molecule has 12 heteroatoms. The van der Waals surface area contributed by atoms with Crippen molar-refractivity contribution in [3.8, 4) is 17.2 Å². The number of nitrogens with zero attached hydrogens (tertiary/aromatic N) is 3. The van der Waals surface area contributed by atoms with Crippen LogP contribution < -0.4 is 9.47 Å². The van der Waals surface area contributed by atoms with Crippen molar-refractivity contribution < 1.29 is 40.6 Å². The number of alkyl halides is 6. The van der Waals surface area contributed by atoms with Crippen molar-refractivity contribution in [1.82, 2.24) is 9.80 Å². The monoisotopic (exact) mass is 563 g/mol. The Morgan fingerprint density at radius 1 is 0.900 bits per heavy atom. The maximum absolute atomic E-state index is 13.5. The number of rotatable bonds is 2. The first-order valence-corrected chi connectivity index (χ1v) is 12.2. The molecule has 210 valence electrons. The molecule has 2 aliphatic heterocycles. The van der Waals surface area contributed by atoms with Gasteiger partial charge in [-0.3, -0.25) is 4.79 Å². The molecule has 0 radical (unpaired) electrons. The second kappa shape index (κ2) is 10.1. The number of methoxy groups -OCH3 is 1. The lowest BCUT2D eigenvalue weighted by atomic mass is 10.1. The number of benzene rings is 3. The summed E-state index contributed by atoms with van der Waals surface area (Å²) in [4.78, 5) is 21.1. The molecule has 1 saturated heterocycles. The molecule has 1 atom stereocenters. The van der Waals surface area contributed by atoms with Crippen molar-refractivity contribution in [2.75, 3.05) is 26.7 Å². The summed E-state index contributed by atoms with van der Waals surface area (Å²) in [6, 6.07) is 11.7. The predicted molar refractivity (Wildman–Crippen MR) is 134 cm³/mol. The van der Waals surface area contributed by atoms with E-state index in [1.54, 1.807) is 30.0 Å². The molecule has 2 aliphatic rings. The lowest BCUT2D eigenvalue weighted by Crippen LogP contribution is -2.55. The van der Waals surface area contributed by atoms with E-state index in [0.29, 0.717) is 22.9 Å². The number of fused-ring (bicyclic) bond motifs is 2. The molecule has 3 aromatic rings. The minimum absolute atomic E-state index is 0.00379. The summed E-state index contributed by atoms with van der Waals surface area (Å²) in [5.41, 5.74) is -1.10. The number of hydrogen-bond acceptors (Lipinski definition) is 5. The van der Waals surface area contributed by atoms with Gasteiger partial charge in [-0.1, -0.05) is 0 Å². The summed E-state index contributed by atoms with van der Waals surface area (Å²) in [6.07, 6.45) is -9.09. The van der Waals surface area contributed by atoms with Crippen LogP contribution in [0.5, 0.6) is 17.2 Å². The number of carbonyl (C=O) groups excluding carboxylic acids is 1. The molecular weight excluding hydrogens is 540 g/mol. The number of aliphatic imine (C=N–C) groups is 1. The van der Waals surface area contributed by atoms with E-state index in [9.17, 15) is 31.1 Å². The Morgan fingerprint density at radius 3 is 2.17 bits per heavy atom. The van der Waals surface area contributed by atoms with Crippen molar-refractivity contribution in [2.45, 2.75) is 25.3 Å². The van der Waals surface area contributed by atoms with E-state index < -0.39 is 35.4 Å². The van der Waals surface area contributed by atoms with E-state index >= 15 is 0 Å². The second-order valence-corrected chi connectivity index (χ2v) is 9.45. The molecule has 0 unspecified atom stereocenters. The van der Waals surface area contributed by atoms with Crippen molar-refractivity contribution in [2.24, 2.45) is 4.99 Å². The maximum atomic E-state index is 13.5. The quantitative estimate of drug-likeness (QED) is 0.323. The average molecular weight is 563 g/mol. The molecule has 0 bridgehead atoms. The van der Waals surface area contributed by atoms with Crippen LogP contribution in [0.3, 0.4) is 0 Å². The van der Waals surface area contributed by atoms with Crippen molar-refractivity contribution in [3.05, 3.63) is 82.9 Å². The third-order valence-electron chi connectivity index (χ3n) is 6.81. The Balaban J connectivity index is 1.46. The number of piperazine rings is 1. The lowest BCUT2D eigenvalue weighted by molar-refractivity contribution is -0.138. The molecule has 0 spiro atoms. The van der Waals surface area contributed by atoms with Crippen LogP contribution >= 0.6 is 0 Å². The second-order valence-electron chi connectivity index (χ2n) is 9.45. The van der Waals surface area contributed by atoms with E-state index in [-0.39, 0.29) is 36.6 Å². The number of amidine groups is 1. The SMILES string of the molecule is COc1ccc2c(c1)C(N1CCN(C(=O)c3ccc(C(F)(F)F)cc3)[C@H](C)C1)=Nc1cc(C(F)(F)F)ccc1O2. The van der Waals surface area contributed by atoms with Crippen molar-refractivity contribution in [1.29, 1.82) is 0 Å². The van der Waals surface area contributed by atoms with E-state index in [2.05, 4.69) is 4.99 Å². The molecule has 0 aromatic heterocycles. The van der Waals surface area contributed by atoms with Gasteiger partial charge in [0, 0.05) is 31.2 Å². The zero-order valence-corrected chi connectivity index (χ0v) is 21.3. The van der Waals surface area contributed by atoms with Gasteiger partial charge >= 0.3 is 12.4 Å². The summed E-state index contributed by atoms with van der Waals surface area (Å²) in [5, 5.41) is 0. The molecule has 40 heavy (non-hydrogen) atoms. The third kappa shape index (κ3) is 5.30. The minimum atomic E-state index is -4.58. The largest absolute Gasteiger partial charge is 0.497 e. The highest BCUT2D eigenvalue weighted by Gasteiger charge is 2.35. The number of halogens is 6. The Morgan fingerprint density at radius 2 is 1.55 bits per heavy atom. The molecule has 1 amide bonds. The van der Waals surface area contributed by atoms with Crippen LogP contribution in [0, 0.1) is 0 Å². The van der Waals surface area contributed by atoms with Crippen molar-refractivity contribution in [3.63, 3.8) is 0 Å². The molecule has 0 saturated carbocycles. The molecule has 2 heterocycles. The Hall–Kier alpha value is -4.22. The van der Waals surface area contributed by atoms with Crippen LogP contribution in [0.15, 0.2) is 65.7 Å². The number of ether oxygens (including phenoxy) is 2. The minimum Gasteiger partial charge on any atom is -0.497 e. The molecule has 0 aliphatic carbocycles. The van der Waals surface area contributed by atoms with Gasteiger partial charge in [-0.25, -0.2) is 4.99 Å². The van der Waals surface area contributed by atoms with Crippen LogP contribution in [0.25, 0.3) is 0 Å². The van der Waals surface area contributed by atoms with E-state index in [0.717, 1.165) is 36.4 Å². The van der Waals surface area contributed by atoms with Gasteiger partial charge in [0.1, 0.15) is 23.0 Å². The smallest absolute Gasteiger partial charge is 0.416 e. The van der Waals surface area contributed by atoms with E-state index in [1.807, 2.05) is 4.90 Å². The van der Waals surface area contributed by atoms with Gasteiger partial charge in [-0.05, 0) is 67.6 Å². The van der Waals surface area contributed by atoms with Crippen molar-refractivity contribution >= 4 is 17.4 Å². The van der Waals surface area contributed by atoms with Gasteiger partial charge in [0.05, 0.1) is 23.8 Å². The molecule has 0 N–H and O–H groups in total. The number of amides is 1. The standard InChI is InChI=1S/C28H23F6N3O3/c1-16-15-36(11-12-37(16)26(38)17-3-5-18(6-4-17)27(29,30)31)25-21-14-20(39-2)8-10-23(21)40-24-9-7-19(28(32,33)34)13-22(24)35-25/h3-10,13-14,16H,11-12,15H2,1-2H3/t16-/m1/s1. The predicted octanol–water partition coefficient (Wildman–Crippen LogP) is 6.76. The van der Waals surface area contributed by atoms with Crippen LogP contribution in [0.1, 0.15) is 34.0 Å². The van der Waals surface area contributed by atoms with Gasteiger partial charge < -0.3 is 19.3 Å². The van der Waals surface area contributed by atoms with E-state index in [4.69, 9.17) is 9.47 Å². The first kappa shape index (κ1) is 27.4. The highest BCUT2D eigenvalue weighted by molar-refractivity contribution is 6.04. The zero-order valence-electron chi connectivity index (χ0n) is 21.3. The van der Waals surface area contributed by atoms with Gasteiger partial charge in [0.2, 0.25) is 0 Å². The Bertz CT molecular complexity index is 1470. The Kier molecular flexibility index (Phi) is 6.89. The van der Waals surface area contributed by atoms with Gasteiger partial charge in [-0.2, -0.15) is 26.3 Å². The highest BCUT2D eigenvalue weighted by Crippen LogP contribution is 2.42. The first-order valence-electron chi connectivity index (χ1n) is 12.2. The molecule has 1 fully saturated rings. The van der Waals surface area contributed by atoms with Gasteiger partial charge in [-0.15, -0.1) is 0 Å². The van der Waals surface area contributed by atoms with E-state index in [1.165, 1.54) is 13.2 Å². The molecule has 3 aromatic carbocycles. The van der Waals surface area contributed by atoms with Crippen LogP contribution in [0.4, 0.5) is 32.0 Å². The molecule has 6 nitrogen and oxygen atoms in total. The summed E-state index contributed by atoms with van der Waals surface area (Å²) >= 11 is 0. The maximum Gasteiger partial charge on any atom is 0.416 e. The lowest BCUT2D eigenvalue weighted by Gasteiger charge is -2.41. The van der Waals surface area contributed by atoms with Gasteiger partial charge in [0.25, 0.3) is 5.91 Å². The fourth-order valence-electron chi connectivity index (χ4n) is 4.72. The summed E-state index contributed by atoms with van der Waals surface area (Å²) in [5.74, 6) is 0.934. The summed E-state index contributed by atoms with van der Waals surface area (Å²) < 4.78 is 90.4. The average Bonchev–Trinajstić information content (AvgIpc) is 3.07. The van der Waals surface area contributed by atoms with Crippen LogP contribution in [0.2, 0.25) is 0 Å². The fraction of sp³-hybridized carbons (Fsp3) is 0.286. The molecule has 5 rings (SSSR count). The van der Waals surface area contributed by atoms with Crippen LogP contribution in [-0.2, 0) is 12.4 Å². The highest BCUT2D eigenvalue weighted by atomic mass is 19.4. The summed E-state index contributed by atoms with van der Waals surface area (Å²) in [6.45, 7) is 2.51. The zero-order chi connectivity index (χ0) is 28.8. The topological polar surface area (TPSA) is 54.4 Å². The number of hydrogen-bond donors (Lipinski definition) is 0.